The van der Waals surface area contributed by atoms with Gasteiger partial charge in [-0.1, -0.05) is 0 Å². The number of hydrogen-bond acceptors (Lipinski definition) is 3. The van der Waals surface area contributed by atoms with Gasteiger partial charge in [0.15, 0.2) is 0 Å². The number of hydrogen-bond donors (Lipinski definition) is 0. The molecule has 0 atom stereocenters. The van der Waals surface area contributed by atoms with Crippen LogP contribution in [-0.4, -0.2) is 21.9 Å². The lowest BCUT2D eigenvalue weighted by molar-refractivity contribution is -0.170. The Morgan fingerprint density at radius 3 is 2.53 bits per heavy atom. The van der Waals surface area contributed by atoms with Gasteiger partial charge < -0.3 is 0 Å². The van der Waals surface area contributed by atoms with Crippen LogP contribution in [0.2, 0.25) is 5.28 Å². The topological polar surface area (TPSA) is 42.9 Å². The van der Waals surface area contributed by atoms with Crippen LogP contribution < -0.4 is 0 Å². The molecule has 1 aromatic heterocycles. The monoisotopic (exact) mass is 238 g/mol. The number of nitrogens with zero attached hydrogens (tertiary/aromatic N) is 2. The molecule has 1 rings (SSSR count). The van der Waals surface area contributed by atoms with Crippen molar-refractivity contribution in [3.05, 3.63) is 22.7 Å². The standard InChI is InChI=1S/C8H6ClF3N2O/c1-4-2-5(14-7(9)13-4)3-6(15)8(10,11)12/h2H,3H2,1H3. The van der Waals surface area contributed by atoms with E-state index in [-0.39, 0.29) is 11.0 Å². The van der Waals surface area contributed by atoms with Gasteiger partial charge in [0.1, 0.15) is 0 Å². The maximum absolute atomic E-state index is 11.9. The smallest absolute Gasteiger partial charge is 0.289 e. The van der Waals surface area contributed by atoms with Crippen molar-refractivity contribution in [3.8, 4) is 0 Å². The van der Waals surface area contributed by atoms with Gasteiger partial charge in [-0.25, -0.2) is 9.97 Å². The molecule has 0 fully saturated rings. The highest BCUT2D eigenvalue weighted by molar-refractivity contribution is 6.28. The van der Waals surface area contributed by atoms with E-state index in [0.29, 0.717) is 5.69 Å². The average Bonchev–Trinajstić information content (AvgIpc) is 1.99. The molecule has 0 bridgehead atoms. The summed E-state index contributed by atoms with van der Waals surface area (Å²) in [5.74, 6) is -1.85. The van der Waals surface area contributed by atoms with Crippen molar-refractivity contribution in [3.63, 3.8) is 0 Å². The van der Waals surface area contributed by atoms with Crippen LogP contribution in [-0.2, 0) is 11.2 Å². The van der Waals surface area contributed by atoms with E-state index in [4.69, 9.17) is 11.6 Å². The molecule has 82 valence electrons. The van der Waals surface area contributed by atoms with Crippen LogP contribution in [0.5, 0.6) is 0 Å². The minimum absolute atomic E-state index is 0.0326. The Morgan fingerprint density at radius 1 is 1.47 bits per heavy atom. The molecular weight excluding hydrogens is 233 g/mol. The van der Waals surface area contributed by atoms with Gasteiger partial charge in [-0.3, -0.25) is 4.79 Å². The Balaban J connectivity index is 2.86. The zero-order valence-corrected chi connectivity index (χ0v) is 8.35. The second-order valence-corrected chi connectivity index (χ2v) is 3.21. The van der Waals surface area contributed by atoms with E-state index in [0.717, 1.165) is 0 Å². The molecule has 15 heavy (non-hydrogen) atoms. The summed E-state index contributed by atoms with van der Waals surface area (Å²) in [6.45, 7) is 1.55. The van der Waals surface area contributed by atoms with E-state index in [1.165, 1.54) is 6.07 Å². The van der Waals surface area contributed by atoms with Crippen LogP contribution in [0.4, 0.5) is 13.2 Å². The van der Waals surface area contributed by atoms with E-state index in [1.807, 2.05) is 0 Å². The van der Waals surface area contributed by atoms with Crippen LogP contribution in [0.15, 0.2) is 6.07 Å². The summed E-state index contributed by atoms with van der Waals surface area (Å²) in [6.07, 6.45) is -5.65. The van der Waals surface area contributed by atoms with Crippen molar-refractivity contribution >= 4 is 17.4 Å². The second kappa shape index (κ2) is 4.14. The lowest BCUT2D eigenvalue weighted by atomic mass is 10.2. The molecule has 1 heterocycles. The minimum Gasteiger partial charge on any atom is -0.289 e. The molecule has 0 spiro atoms. The molecule has 0 aliphatic carbocycles. The van der Waals surface area contributed by atoms with Crippen LogP contribution in [0, 0.1) is 6.92 Å². The average molecular weight is 239 g/mol. The Bertz CT molecular complexity index is 372. The number of Topliss-reactive ketones (excluding diaryl/α,β-unsaturated/α-hetero) is 1. The van der Waals surface area contributed by atoms with E-state index < -0.39 is 18.4 Å². The molecule has 0 amide bonds. The Hall–Kier alpha value is -1.17. The van der Waals surface area contributed by atoms with Crippen molar-refractivity contribution in [2.24, 2.45) is 0 Å². The van der Waals surface area contributed by atoms with Gasteiger partial charge in [0, 0.05) is 5.69 Å². The fraction of sp³-hybridized carbons (Fsp3) is 0.375. The molecule has 1 aromatic rings. The van der Waals surface area contributed by atoms with Gasteiger partial charge >= 0.3 is 6.18 Å². The van der Waals surface area contributed by atoms with Gasteiger partial charge in [0.05, 0.1) is 12.1 Å². The van der Waals surface area contributed by atoms with Gasteiger partial charge in [-0.2, -0.15) is 13.2 Å². The van der Waals surface area contributed by atoms with Crippen molar-refractivity contribution in [1.82, 2.24) is 9.97 Å². The normalized spacial score (nSPS) is 11.5. The number of ketones is 1. The van der Waals surface area contributed by atoms with E-state index in [1.54, 1.807) is 6.92 Å². The summed E-state index contributed by atoms with van der Waals surface area (Å²) in [5, 5.41) is -0.167. The molecule has 3 nitrogen and oxygen atoms in total. The highest BCUT2D eigenvalue weighted by Gasteiger charge is 2.38. The Labute approximate surface area is 88.3 Å². The van der Waals surface area contributed by atoms with Crippen LogP contribution in [0.25, 0.3) is 0 Å². The summed E-state index contributed by atoms with van der Waals surface area (Å²) in [6, 6.07) is 1.29. The predicted molar refractivity (Wildman–Crippen MR) is 46.5 cm³/mol. The number of alkyl halides is 3. The molecule has 0 unspecified atom stereocenters. The largest absolute Gasteiger partial charge is 0.450 e. The number of aryl methyl sites for hydroxylation is 1. The quantitative estimate of drug-likeness (QED) is 0.741. The van der Waals surface area contributed by atoms with Gasteiger partial charge in [-0.05, 0) is 24.6 Å². The first-order chi connectivity index (χ1) is 6.79. The number of carbonyl (C=O) groups excluding carboxylic acids is 1. The maximum Gasteiger partial charge on any atom is 0.450 e. The third-order valence-corrected chi connectivity index (χ3v) is 1.71. The first-order valence-corrected chi connectivity index (χ1v) is 4.27. The molecule has 0 aliphatic rings. The highest BCUT2D eigenvalue weighted by atomic mass is 35.5. The van der Waals surface area contributed by atoms with Crippen molar-refractivity contribution in [2.75, 3.05) is 0 Å². The molecule has 7 heteroatoms. The fourth-order valence-electron chi connectivity index (χ4n) is 0.950. The van der Waals surface area contributed by atoms with Gasteiger partial charge in [-0.15, -0.1) is 0 Å². The fourth-order valence-corrected chi connectivity index (χ4v) is 1.19. The third kappa shape index (κ3) is 3.47. The molecule has 0 aliphatic heterocycles. The summed E-state index contributed by atoms with van der Waals surface area (Å²) in [5.41, 5.74) is 0.384. The summed E-state index contributed by atoms with van der Waals surface area (Å²) < 4.78 is 35.7. The van der Waals surface area contributed by atoms with Crippen LogP contribution >= 0.6 is 11.6 Å². The first kappa shape index (κ1) is 11.9. The second-order valence-electron chi connectivity index (χ2n) is 2.87. The van der Waals surface area contributed by atoms with E-state index >= 15 is 0 Å². The zero-order valence-electron chi connectivity index (χ0n) is 7.60. The molecular formula is C8H6ClF3N2O. The molecule has 0 saturated heterocycles. The minimum atomic E-state index is -4.84. The SMILES string of the molecule is Cc1cc(CC(=O)C(F)(F)F)nc(Cl)n1. The maximum atomic E-state index is 11.9. The number of rotatable bonds is 2. The highest BCUT2D eigenvalue weighted by Crippen LogP contribution is 2.18. The number of halogens is 4. The third-order valence-electron chi connectivity index (χ3n) is 1.54. The predicted octanol–water partition coefficient (Wildman–Crippen LogP) is 2.11. The molecule has 0 radical (unpaired) electrons. The molecule has 0 saturated carbocycles. The Morgan fingerprint density at radius 2 is 2.07 bits per heavy atom. The summed E-state index contributed by atoms with van der Waals surface area (Å²) >= 11 is 5.43. The Kier molecular flexibility index (Phi) is 3.28. The summed E-state index contributed by atoms with van der Waals surface area (Å²) in [4.78, 5) is 17.8. The van der Waals surface area contributed by atoms with Gasteiger partial charge in [0.2, 0.25) is 11.1 Å². The molecule has 0 aromatic carbocycles. The van der Waals surface area contributed by atoms with Crippen LogP contribution in [0.3, 0.4) is 0 Å². The lowest BCUT2D eigenvalue weighted by Crippen LogP contribution is -2.25. The molecule has 0 N–H and O–H groups in total. The first-order valence-electron chi connectivity index (χ1n) is 3.89. The van der Waals surface area contributed by atoms with Crippen molar-refractivity contribution in [1.29, 1.82) is 0 Å². The summed E-state index contributed by atoms with van der Waals surface area (Å²) in [7, 11) is 0. The van der Waals surface area contributed by atoms with Crippen molar-refractivity contribution < 1.29 is 18.0 Å². The number of aromatic nitrogens is 2. The van der Waals surface area contributed by atoms with Crippen molar-refractivity contribution in [2.45, 2.75) is 19.5 Å². The van der Waals surface area contributed by atoms with E-state index in [9.17, 15) is 18.0 Å². The number of carbonyl (C=O) groups is 1. The zero-order chi connectivity index (χ0) is 11.6. The van der Waals surface area contributed by atoms with Gasteiger partial charge in [0.25, 0.3) is 0 Å². The lowest BCUT2D eigenvalue weighted by Gasteiger charge is -2.05. The van der Waals surface area contributed by atoms with E-state index in [2.05, 4.69) is 9.97 Å². The van der Waals surface area contributed by atoms with Crippen LogP contribution in [0.1, 0.15) is 11.4 Å².